The van der Waals surface area contributed by atoms with Crippen molar-refractivity contribution in [3.05, 3.63) is 78.6 Å². The van der Waals surface area contributed by atoms with E-state index < -0.39 is 0 Å². The highest BCUT2D eigenvalue weighted by molar-refractivity contribution is 5.96. The molecular weight excluding hydrogens is 405 g/mol. The minimum Gasteiger partial charge on any atom is -0.321 e. The van der Waals surface area contributed by atoms with E-state index in [-0.39, 0.29) is 5.82 Å². The summed E-state index contributed by atoms with van der Waals surface area (Å²) in [6.07, 6.45) is 7.00. The van der Waals surface area contributed by atoms with Gasteiger partial charge in [-0.15, -0.1) is 0 Å². The lowest BCUT2D eigenvalue weighted by atomic mass is 10.0. The maximum absolute atomic E-state index is 14.0. The normalized spacial score (nSPS) is 11.4. The quantitative estimate of drug-likeness (QED) is 0.416. The van der Waals surface area contributed by atoms with Gasteiger partial charge in [0.1, 0.15) is 17.0 Å². The van der Waals surface area contributed by atoms with Crippen molar-refractivity contribution >= 4 is 22.2 Å². The summed E-state index contributed by atoms with van der Waals surface area (Å²) in [4.78, 5) is 21.1. The molecule has 8 heteroatoms. The number of imidazole rings is 1. The molecule has 2 N–H and O–H groups in total. The zero-order valence-electron chi connectivity index (χ0n) is 17.0. The standard InChI is InChI=1S/C24H16FN7/c1-13-7-15(9-17(25)8-13)18-4-6-27-23-20(18)29-24(30-23)21-19-10-16(12-28-22(19)32-31-21)14-3-2-5-26-11-14/h2-12H,1H3,(H,27,29,30)(H,28,31,32). The van der Waals surface area contributed by atoms with E-state index in [9.17, 15) is 4.39 Å². The van der Waals surface area contributed by atoms with Crippen LogP contribution in [0.3, 0.4) is 0 Å². The van der Waals surface area contributed by atoms with Crippen LogP contribution in [0.2, 0.25) is 0 Å². The average molecular weight is 421 g/mol. The summed E-state index contributed by atoms with van der Waals surface area (Å²) in [5.41, 5.74) is 6.83. The van der Waals surface area contributed by atoms with Gasteiger partial charge in [-0.05, 0) is 48.4 Å². The number of benzene rings is 1. The Morgan fingerprint density at radius 1 is 0.875 bits per heavy atom. The fourth-order valence-electron chi connectivity index (χ4n) is 3.92. The monoisotopic (exact) mass is 421 g/mol. The summed E-state index contributed by atoms with van der Waals surface area (Å²) in [5.74, 6) is 0.275. The lowest BCUT2D eigenvalue weighted by Crippen LogP contribution is -1.86. The number of aromatic nitrogens is 7. The molecule has 0 bridgehead atoms. The summed E-state index contributed by atoms with van der Waals surface area (Å²) in [7, 11) is 0. The average Bonchev–Trinajstić information content (AvgIpc) is 3.42. The smallest absolute Gasteiger partial charge is 0.161 e. The Hall–Kier alpha value is -4.46. The van der Waals surface area contributed by atoms with E-state index in [1.165, 1.54) is 12.1 Å². The number of pyridine rings is 3. The largest absolute Gasteiger partial charge is 0.321 e. The number of nitrogens with one attached hydrogen (secondary N) is 2. The maximum Gasteiger partial charge on any atom is 0.161 e. The highest BCUT2D eigenvalue weighted by Crippen LogP contribution is 2.32. The fourth-order valence-corrected chi connectivity index (χ4v) is 3.92. The molecule has 0 aliphatic carbocycles. The van der Waals surface area contributed by atoms with Crippen molar-refractivity contribution in [2.75, 3.05) is 0 Å². The van der Waals surface area contributed by atoms with Crippen LogP contribution in [0.25, 0.3) is 56.0 Å². The zero-order valence-corrected chi connectivity index (χ0v) is 17.0. The van der Waals surface area contributed by atoms with Gasteiger partial charge in [-0.25, -0.2) is 19.3 Å². The molecule has 0 spiro atoms. The van der Waals surface area contributed by atoms with E-state index in [1.807, 2.05) is 37.3 Å². The number of hydrogen-bond donors (Lipinski definition) is 2. The highest BCUT2D eigenvalue weighted by atomic mass is 19.1. The first kappa shape index (κ1) is 18.3. The van der Waals surface area contributed by atoms with Gasteiger partial charge in [-0.1, -0.05) is 12.1 Å². The van der Waals surface area contributed by atoms with Crippen molar-refractivity contribution < 1.29 is 4.39 Å². The molecule has 7 nitrogen and oxygen atoms in total. The molecule has 5 aromatic heterocycles. The molecule has 0 aliphatic heterocycles. The Bertz CT molecular complexity index is 1580. The molecule has 154 valence electrons. The summed E-state index contributed by atoms with van der Waals surface area (Å²) in [6.45, 7) is 1.86. The third kappa shape index (κ3) is 3.01. The lowest BCUT2D eigenvalue weighted by molar-refractivity contribution is 0.627. The molecule has 0 unspecified atom stereocenters. The Morgan fingerprint density at radius 3 is 2.66 bits per heavy atom. The van der Waals surface area contributed by atoms with Crippen molar-refractivity contribution in [2.45, 2.75) is 6.92 Å². The SMILES string of the molecule is Cc1cc(F)cc(-c2ccnc3[nH]c(-c4n[nH]c5ncc(-c6cccnc6)cc45)nc23)c1. The van der Waals surface area contributed by atoms with Gasteiger partial charge in [0.05, 0.1) is 5.39 Å². The van der Waals surface area contributed by atoms with E-state index in [2.05, 4.69) is 30.1 Å². The van der Waals surface area contributed by atoms with Crippen LogP contribution in [0.1, 0.15) is 5.56 Å². The number of rotatable bonds is 3. The Kier molecular flexibility index (Phi) is 4.04. The predicted molar refractivity (Wildman–Crippen MR) is 120 cm³/mol. The fraction of sp³-hybridized carbons (Fsp3) is 0.0417. The molecule has 6 rings (SSSR count). The topological polar surface area (TPSA) is 96.0 Å². The van der Waals surface area contributed by atoms with Crippen molar-refractivity contribution in [2.24, 2.45) is 0 Å². The van der Waals surface area contributed by atoms with E-state index in [4.69, 9.17) is 4.98 Å². The summed E-state index contributed by atoms with van der Waals surface area (Å²) in [5, 5.41) is 8.23. The Balaban J connectivity index is 1.52. The highest BCUT2D eigenvalue weighted by Gasteiger charge is 2.17. The van der Waals surface area contributed by atoms with Crippen LogP contribution in [0.5, 0.6) is 0 Å². The second-order valence-corrected chi connectivity index (χ2v) is 7.59. The van der Waals surface area contributed by atoms with Crippen LogP contribution in [0.15, 0.2) is 67.3 Å². The van der Waals surface area contributed by atoms with Crippen molar-refractivity contribution in [1.82, 2.24) is 35.1 Å². The van der Waals surface area contributed by atoms with Gasteiger partial charge in [-0.3, -0.25) is 10.1 Å². The second kappa shape index (κ2) is 7.05. The maximum atomic E-state index is 14.0. The Morgan fingerprint density at radius 2 is 1.81 bits per heavy atom. The molecular formula is C24H16FN7. The van der Waals surface area contributed by atoms with Gasteiger partial charge in [0.15, 0.2) is 17.1 Å². The van der Waals surface area contributed by atoms with Gasteiger partial charge < -0.3 is 4.98 Å². The number of H-pyrrole nitrogens is 2. The molecule has 0 saturated heterocycles. The first-order valence-corrected chi connectivity index (χ1v) is 10.0. The first-order chi connectivity index (χ1) is 15.7. The van der Waals surface area contributed by atoms with E-state index >= 15 is 0 Å². The van der Waals surface area contributed by atoms with Gasteiger partial charge in [-0.2, -0.15) is 5.10 Å². The molecule has 6 aromatic rings. The molecule has 0 radical (unpaired) electrons. The molecule has 0 fully saturated rings. The van der Waals surface area contributed by atoms with E-state index in [0.717, 1.165) is 33.2 Å². The summed E-state index contributed by atoms with van der Waals surface area (Å²) < 4.78 is 14.0. The third-order valence-electron chi connectivity index (χ3n) is 5.37. The van der Waals surface area contributed by atoms with Crippen molar-refractivity contribution in [1.29, 1.82) is 0 Å². The third-order valence-corrected chi connectivity index (χ3v) is 5.37. The van der Waals surface area contributed by atoms with Gasteiger partial charge in [0, 0.05) is 41.5 Å². The van der Waals surface area contributed by atoms with Crippen LogP contribution in [-0.4, -0.2) is 35.1 Å². The number of halogens is 1. The minimum absolute atomic E-state index is 0.284. The molecule has 0 atom stereocenters. The van der Waals surface area contributed by atoms with Crippen LogP contribution in [0, 0.1) is 12.7 Å². The molecule has 5 heterocycles. The van der Waals surface area contributed by atoms with Crippen LogP contribution in [-0.2, 0) is 0 Å². The van der Waals surface area contributed by atoms with Crippen LogP contribution >= 0.6 is 0 Å². The molecule has 0 aliphatic rings. The zero-order chi connectivity index (χ0) is 21.7. The predicted octanol–water partition coefficient (Wildman–Crippen LogP) is 5.07. The lowest BCUT2D eigenvalue weighted by Gasteiger charge is -2.04. The van der Waals surface area contributed by atoms with Crippen molar-refractivity contribution in [3.63, 3.8) is 0 Å². The molecule has 1 aromatic carbocycles. The summed E-state index contributed by atoms with van der Waals surface area (Å²) >= 11 is 0. The number of nitrogens with zero attached hydrogens (tertiary/aromatic N) is 5. The van der Waals surface area contributed by atoms with Crippen molar-refractivity contribution in [3.8, 4) is 33.8 Å². The molecule has 0 saturated carbocycles. The number of aryl methyl sites for hydroxylation is 1. The second-order valence-electron chi connectivity index (χ2n) is 7.59. The van der Waals surface area contributed by atoms with Gasteiger partial charge >= 0.3 is 0 Å². The van der Waals surface area contributed by atoms with Gasteiger partial charge in [0.25, 0.3) is 0 Å². The van der Waals surface area contributed by atoms with Crippen LogP contribution < -0.4 is 0 Å². The van der Waals surface area contributed by atoms with E-state index in [1.54, 1.807) is 24.8 Å². The number of aromatic amines is 2. The molecule has 0 amide bonds. The minimum atomic E-state index is -0.284. The molecule has 32 heavy (non-hydrogen) atoms. The first-order valence-electron chi connectivity index (χ1n) is 10.0. The summed E-state index contributed by atoms with van der Waals surface area (Å²) in [6, 6.07) is 12.6. The number of fused-ring (bicyclic) bond motifs is 2. The Labute approximate surface area is 181 Å². The number of hydrogen-bond acceptors (Lipinski definition) is 5. The van der Waals surface area contributed by atoms with Crippen LogP contribution in [0.4, 0.5) is 4.39 Å². The van der Waals surface area contributed by atoms with Gasteiger partial charge in [0.2, 0.25) is 0 Å². The van der Waals surface area contributed by atoms with E-state index in [0.29, 0.717) is 28.3 Å².